The van der Waals surface area contributed by atoms with Gasteiger partial charge in [0.2, 0.25) is 12.2 Å². The maximum absolute atomic E-state index is 12.4. The first-order chi connectivity index (χ1) is 17.7. The lowest BCUT2D eigenvalue weighted by molar-refractivity contribution is -0.237. The number of hydrogen-bond donors (Lipinski definition) is 4. The Morgan fingerprint density at radius 2 is 1.76 bits per heavy atom. The maximum atomic E-state index is 12.4. The molecule has 2 amide bonds. The van der Waals surface area contributed by atoms with Gasteiger partial charge in [-0.3, -0.25) is 4.79 Å². The Hall–Kier alpha value is -2.97. The highest BCUT2D eigenvalue weighted by Gasteiger charge is 2.41. The first-order valence-corrected chi connectivity index (χ1v) is 12.0. The minimum Gasteiger partial charge on any atom is -0.479 e. The van der Waals surface area contributed by atoms with Crippen LogP contribution in [0.2, 0.25) is 0 Å². The molecule has 4 atom stereocenters. The Bertz CT molecular complexity index is 867. The molecule has 0 bridgehead atoms. The molecule has 2 rings (SSSR count). The number of ether oxygens (including phenoxy) is 4. The van der Waals surface area contributed by atoms with E-state index in [1.54, 1.807) is 43.1 Å². The molecule has 1 aliphatic heterocycles. The summed E-state index contributed by atoms with van der Waals surface area (Å²) in [6.45, 7) is 3.03. The van der Waals surface area contributed by atoms with Gasteiger partial charge in [-0.05, 0) is 17.7 Å². The van der Waals surface area contributed by atoms with Gasteiger partial charge in [0.05, 0.1) is 25.9 Å². The van der Waals surface area contributed by atoms with Crippen molar-refractivity contribution in [3.63, 3.8) is 0 Å². The van der Waals surface area contributed by atoms with Gasteiger partial charge in [0.15, 0.2) is 6.10 Å². The molecule has 0 unspecified atom stereocenters. The van der Waals surface area contributed by atoms with Gasteiger partial charge >= 0.3 is 12.1 Å². The molecule has 1 heterocycles. The van der Waals surface area contributed by atoms with Crippen molar-refractivity contribution in [3.05, 3.63) is 29.8 Å². The number of carboxylic acids is 1. The smallest absolute Gasteiger partial charge is 0.409 e. The van der Waals surface area contributed by atoms with Crippen LogP contribution in [-0.4, -0.2) is 119 Å². The van der Waals surface area contributed by atoms with Crippen LogP contribution in [-0.2, 0) is 30.4 Å². The molecular formula is C24H36N2O11. The van der Waals surface area contributed by atoms with Gasteiger partial charge in [0, 0.05) is 39.5 Å². The number of benzene rings is 1. The first kappa shape index (κ1) is 30.3. The van der Waals surface area contributed by atoms with Crippen molar-refractivity contribution in [1.82, 2.24) is 9.80 Å². The molecule has 1 fully saturated rings. The number of amides is 2. The number of hydrogen-bond acceptors (Lipinski definition) is 10. The molecule has 4 N–H and O–H groups in total. The lowest BCUT2D eigenvalue weighted by Crippen LogP contribution is -2.52. The van der Waals surface area contributed by atoms with Crippen LogP contribution in [0.3, 0.4) is 0 Å². The predicted molar refractivity (Wildman–Crippen MR) is 128 cm³/mol. The molecule has 37 heavy (non-hydrogen) atoms. The highest BCUT2D eigenvalue weighted by atomic mass is 16.7. The molecule has 1 aromatic carbocycles. The molecule has 1 aliphatic rings. The Morgan fingerprint density at radius 1 is 1.05 bits per heavy atom. The average molecular weight is 529 g/mol. The zero-order valence-corrected chi connectivity index (χ0v) is 21.0. The summed E-state index contributed by atoms with van der Waals surface area (Å²) in [7, 11) is 1.56. The van der Waals surface area contributed by atoms with E-state index in [1.807, 2.05) is 0 Å². The molecule has 208 valence electrons. The highest BCUT2D eigenvalue weighted by Crippen LogP contribution is 2.24. The Labute approximate surface area is 215 Å². The van der Waals surface area contributed by atoms with Crippen molar-refractivity contribution >= 4 is 18.0 Å². The van der Waals surface area contributed by atoms with Crippen molar-refractivity contribution in [3.8, 4) is 5.75 Å². The van der Waals surface area contributed by atoms with Crippen molar-refractivity contribution in [1.29, 1.82) is 0 Å². The quantitative estimate of drug-likeness (QED) is 0.235. The molecule has 0 aromatic heterocycles. The van der Waals surface area contributed by atoms with Crippen LogP contribution in [0.15, 0.2) is 24.3 Å². The molecule has 0 saturated carbocycles. The van der Waals surface area contributed by atoms with Crippen LogP contribution in [0.5, 0.6) is 5.75 Å². The van der Waals surface area contributed by atoms with E-state index in [0.717, 1.165) is 0 Å². The van der Waals surface area contributed by atoms with E-state index in [0.29, 0.717) is 30.8 Å². The van der Waals surface area contributed by atoms with Gasteiger partial charge in [-0.25, -0.2) is 9.59 Å². The summed E-state index contributed by atoms with van der Waals surface area (Å²) in [4.78, 5) is 38.6. The standard InChI is InChI=1S/C24H36N2O11/c1-3-20(30)26(10-12-34-13-11-27)9-8-25(2)24(33)35-15-16-4-6-17(7-5-16)36-23-19(29)14-18(28)21(37-23)22(31)32/h4-7,18-19,21,23,27-29H,3,8-15H2,1-2H3,(H,31,32)/t18-,19+,21-,23+/m0/s1. The summed E-state index contributed by atoms with van der Waals surface area (Å²) < 4.78 is 21.2. The number of aliphatic hydroxyl groups excluding tert-OH is 3. The zero-order chi connectivity index (χ0) is 27.4. The van der Waals surface area contributed by atoms with Crippen molar-refractivity contribution in [2.75, 3.05) is 46.5 Å². The van der Waals surface area contributed by atoms with E-state index in [2.05, 4.69) is 0 Å². The van der Waals surface area contributed by atoms with Crippen molar-refractivity contribution < 1.29 is 53.8 Å². The Balaban J connectivity index is 1.80. The third-order valence-electron chi connectivity index (χ3n) is 5.62. The largest absolute Gasteiger partial charge is 0.479 e. The third-order valence-corrected chi connectivity index (χ3v) is 5.62. The van der Waals surface area contributed by atoms with E-state index < -0.39 is 36.7 Å². The van der Waals surface area contributed by atoms with Crippen LogP contribution in [0.1, 0.15) is 25.3 Å². The minimum atomic E-state index is -1.50. The average Bonchev–Trinajstić information content (AvgIpc) is 2.88. The number of carbonyl (C=O) groups is 3. The predicted octanol–water partition coefficient (Wildman–Crippen LogP) is -0.197. The van der Waals surface area contributed by atoms with E-state index in [9.17, 15) is 24.6 Å². The van der Waals surface area contributed by atoms with Crippen LogP contribution >= 0.6 is 0 Å². The number of rotatable bonds is 14. The summed E-state index contributed by atoms with van der Waals surface area (Å²) in [5.74, 6) is -1.13. The summed E-state index contributed by atoms with van der Waals surface area (Å²) in [6, 6.07) is 6.37. The fourth-order valence-electron chi connectivity index (χ4n) is 3.48. The third kappa shape index (κ3) is 9.78. The second-order valence-corrected chi connectivity index (χ2v) is 8.44. The monoisotopic (exact) mass is 528 g/mol. The topological polar surface area (TPSA) is 176 Å². The lowest BCUT2D eigenvalue weighted by Gasteiger charge is -2.34. The second kappa shape index (κ2) is 15.3. The van der Waals surface area contributed by atoms with E-state index in [1.165, 1.54) is 4.90 Å². The number of likely N-dealkylation sites (N-methyl/N-ethyl adjacent to an activating group) is 1. The fourth-order valence-corrected chi connectivity index (χ4v) is 3.48. The van der Waals surface area contributed by atoms with Gasteiger partial charge in [-0.2, -0.15) is 0 Å². The number of aliphatic carboxylic acids is 1. The van der Waals surface area contributed by atoms with Gasteiger partial charge < -0.3 is 49.2 Å². The van der Waals surface area contributed by atoms with Gasteiger partial charge in [0.1, 0.15) is 18.5 Å². The van der Waals surface area contributed by atoms with E-state index in [-0.39, 0.29) is 45.3 Å². The molecular weight excluding hydrogens is 492 g/mol. The highest BCUT2D eigenvalue weighted by molar-refractivity contribution is 5.76. The maximum Gasteiger partial charge on any atom is 0.409 e. The summed E-state index contributed by atoms with van der Waals surface area (Å²) >= 11 is 0. The molecule has 0 spiro atoms. The lowest BCUT2D eigenvalue weighted by atomic mass is 10.0. The normalized spacial score (nSPS) is 21.2. The summed E-state index contributed by atoms with van der Waals surface area (Å²) in [5.41, 5.74) is 0.655. The van der Waals surface area contributed by atoms with Crippen molar-refractivity contribution in [2.45, 2.75) is 51.0 Å². The molecule has 1 saturated heterocycles. The minimum absolute atomic E-state index is 0.0219. The number of aliphatic hydroxyl groups is 3. The zero-order valence-electron chi connectivity index (χ0n) is 21.0. The molecule has 0 aliphatic carbocycles. The fraction of sp³-hybridized carbons (Fsp3) is 0.625. The van der Waals surface area contributed by atoms with E-state index in [4.69, 9.17) is 29.2 Å². The number of nitrogens with zero attached hydrogens (tertiary/aromatic N) is 2. The molecule has 13 nitrogen and oxygen atoms in total. The number of carboxylic acid groups (broad SMARTS) is 1. The molecule has 13 heteroatoms. The van der Waals surface area contributed by atoms with Crippen LogP contribution in [0, 0.1) is 0 Å². The SMILES string of the molecule is CCC(=O)N(CCOCCO)CCN(C)C(=O)OCc1ccc(O[C@@H]2O[C@H](C(=O)O)[C@@H](O)C[C@H]2O)cc1. The van der Waals surface area contributed by atoms with Crippen molar-refractivity contribution in [2.24, 2.45) is 0 Å². The van der Waals surface area contributed by atoms with Gasteiger partial charge in [-0.15, -0.1) is 0 Å². The first-order valence-electron chi connectivity index (χ1n) is 12.0. The van der Waals surface area contributed by atoms with Crippen LogP contribution in [0.25, 0.3) is 0 Å². The Kier molecular flexibility index (Phi) is 12.5. The summed E-state index contributed by atoms with van der Waals surface area (Å²) in [6.07, 6.45) is -5.77. The van der Waals surface area contributed by atoms with E-state index >= 15 is 0 Å². The molecule has 1 aromatic rings. The van der Waals surface area contributed by atoms with Gasteiger partial charge in [-0.1, -0.05) is 19.1 Å². The molecule has 0 radical (unpaired) electrons. The van der Waals surface area contributed by atoms with Crippen LogP contribution in [0.4, 0.5) is 4.79 Å². The Morgan fingerprint density at radius 3 is 2.38 bits per heavy atom. The van der Waals surface area contributed by atoms with Gasteiger partial charge in [0.25, 0.3) is 0 Å². The van der Waals surface area contributed by atoms with Crippen LogP contribution < -0.4 is 4.74 Å². The second-order valence-electron chi connectivity index (χ2n) is 8.44. The summed E-state index contributed by atoms with van der Waals surface area (Å²) in [5, 5.41) is 37.6. The number of carbonyl (C=O) groups excluding carboxylic acids is 2.